The van der Waals surface area contributed by atoms with Gasteiger partial charge in [0.1, 0.15) is 17.8 Å². The Bertz CT molecular complexity index is 1750. The highest BCUT2D eigenvalue weighted by Crippen LogP contribution is 2.38. The van der Waals surface area contributed by atoms with Crippen LogP contribution in [0.4, 0.5) is 5.69 Å². The van der Waals surface area contributed by atoms with Gasteiger partial charge in [0.05, 0.1) is 36.4 Å². The van der Waals surface area contributed by atoms with Crippen molar-refractivity contribution in [3.8, 4) is 5.75 Å². The smallest absolute Gasteiger partial charge is 0.269 e. The summed E-state index contributed by atoms with van der Waals surface area (Å²) in [5.74, 6) is -1.42. The Labute approximate surface area is 326 Å². The molecular weight excluding hydrogens is 722 g/mol. The number of amides is 4. The number of nitrogens with one attached hydrogen (secondary N) is 5. The molecule has 2 aliphatic rings. The predicted octanol–water partition coefficient (Wildman–Crippen LogP) is 2.79. The minimum atomic E-state index is -1.15. The Morgan fingerprint density at radius 3 is 2.36 bits per heavy atom. The molecule has 1 aliphatic heterocycles. The van der Waals surface area contributed by atoms with Gasteiger partial charge in [0.2, 0.25) is 23.6 Å². The van der Waals surface area contributed by atoms with Gasteiger partial charge in [-0.25, -0.2) is 4.98 Å². The molecule has 2 heterocycles. The number of aromatic amines is 1. The van der Waals surface area contributed by atoms with Crippen molar-refractivity contribution in [3.05, 3.63) is 88.0 Å². The molecule has 0 spiro atoms. The summed E-state index contributed by atoms with van der Waals surface area (Å²) in [6, 6.07) is 10.4. The van der Waals surface area contributed by atoms with Crippen molar-refractivity contribution in [2.75, 3.05) is 13.2 Å². The number of H-pyrrole nitrogens is 1. The van der Waals surface area contributed by atoms with Gasteiger partial charge in [-0.05, 0) is 29.9 Å². The Kier molecular flexibility index (Phi) is 16.3. The molecule has 1 fully saturated rings. The quantitative estimate of drug-likeness (QED) is 0.0773. The van der Waals surface area contributed by atoms with Crippen molar-refractivity contribution in [2.24, 2.45) is 11.8 Å². The third-order valence-electron chi connectivity index (χ3n) is 10.3. The van der Waals surface area contributed by atoms with Crippen LogP contribution in [0.3, 0.4) is 0 Å². The van der Waals surface area contributed by atoms with E-state index in [0.717, 1.165) is 37.7 Å². The van der Waals surface area contributed by atoms with Crippen LogP contribution in [0, 0.1) is 22.0 Å². The number of nitro groups is 1. The molecule has 1 aromatic heterocycles. The molecule has 4 amide bonds. The van der Waals surface area contributed by atoms with Crippen molar-refractivity contribution in [2.45, 2.75) is 108 Å². The number of imidazole rings is 1. The van der Waals surface area contributed by atoms with Crippen LogP contribution in [0.25, 0.3) is 0 Å². The summed E-state index contributed by atoms with van der Waals surface area (Å²) in [5.41, 5.74) is 1.79. The Hall–Kier alpha value is -5.35. The molecule has 0 bridgehead atoms. The number of aliphatic hydroxyl groups excluding tert-OH is 1. The van der Waals surface area contributed by atoms with Crippen LogP contribution in [0.2, 0.25) is 0 Å². The summed E-state index contributed by atoms with van der Waals surface area (Å²) in [6.45, 7) is 4.58. The molecule has 1 unspecified atom stereocenters. The average molecular weight is 778 g/mol. The predicted molar refractivity (Wildman–Crippen MR) is 207 cm³/mol. The van der Waals surface area contributed by atoms with Gasteiger partial charge in [-0.2, -0.15) is 0 Å². The van der Waals surface area contributed by atoms with Crippen molar-refractivity contribution in [1.82, 2.24) is 31.2 Å². The zero-order chi connectivity index (χ0) is 39.3. The fourth-order valence-electron chi connectivity index (χ4n) is 7.28. The highest BCUT2D eigenvalue weighted by atomic mass is 16.6. The van der Waals surface area contributed by atoms with E-state index in [-0.39, 0.29) is 61.2 Å². The number of rotatable bonds is 19. The van der Waals surface area contributed by atoms with Crippen molar-refractivity contribution < 1.29 is 39.4 Å². The number of non-ortho nitro benzene ring substituents is 1. The fraction of sp³-hybridized carbons (Fsp3) is 0.525. The van der Waals surface area contributed by atoms with Gasteiger partial charge in [-0.1, -0.05) is 76.3 Å². The number of hydrogen-bond donors (Lipinski definition) is 6. The lowest BCUT2D eigenvalue weighted by molar-refractivity contribution is -0.384. The van der Waals surface area contributed by atoms with Crippen LogP contribution in [0.15, 0.2) is 61.1 Å². The molecule has 1 aliphatic carbocycles. The van der Waals surface area contributed by atoms with Gasteiger partial charge >= 0.3 is 0 Å². The zero-order valence-electron chi connectivity index (χ0n) is 32.0. The number of aliphatic hydroxyl groups is 1. The zero-order valence-corrected chi connectivity index (χ0v) is 32.0. The molecule has 56 heavy (non-hydrogen) atoms. The standard InChI is InChI=1S/C40H53N7O8.H2O/c1-25(2)21-42-37(49)20-35(48)32(15-26-9-5-3-6-10-26)45-40(52)34(18-29-22-41-24-43-29)46-39(51)33(16-27-11-7-4-8-12-27)44-38(50)17-28-23-55-36-14-13-30(47(53)54)19-31(28)36;/h4,7-8,11-14,19,22,24-26,28,32-35,48H,3,5-6,9-10,15-18,20-21,23H2,1-2H3,(H,41,43)(H,42,49)(H,44,50)(H,45,52)(H,46,51);1H2/t28?,32-,33-,34-,35-;/m0./s1. The average Bonchev–Trinajstić information content (AvgIpc) is 3.83. The number of hydrogen-bond acceptors (Lipinski definition) is 9. The number of ether oxygens (including phenoxy) is 1. The summed E-state index contributed by atoms with van der Waals surface area (Å²) < 4.78 is 5.69. The molecule has 5 rings (SSSR count). The van der Waals surface area contributed by atoms with Crippen molar-refractivity contribution in [3.63, 3.8) is 0 Å². The number of nitro benzene ring substituents is 1. The van der Waals surface area contributed by atoms with Crippen LogP contribution in [-0.2, 0) is 32.0 Å². The van der Waals surface area contributed by atoms with E-state index >= 15 is 0 Å². The second kappa shape index (κ2) is 21.1. The SMILES string of the molecule is CC(C)CNC(=O)C[C@H](O)[C@H](CC1CCCCC1)NC(=O)[C@H](Cc1cnc[nH]1)NC(=O)[C@H](Cc1ccccc1)NC(=O)CC1COc2ccc([N+](=O)[O-])cc21.O. The highest BCUT2D eigenvalue weighted by Gasteiger charge is 2.34. The molecule has 0 saturated heterocycles. The molecule has 2 aromatic carbocycles. The summed E-state index contributed by atoms with van der Waals surface area (Å²) >= 11 is 0. The maximum Gasteiger partial charge on any atom is 0.269 e. The molecule has 5 atom stereocenters. The molecular formula is C40H55N7O9. The first-order chi connectivity index (χ1) is 26.4. The van der Waals surface area contributed by atoms with E-state index in [1.807, 2.05) is 44.2 Å². The summed E-state index contributed by atoms with van der Waals surface area (Å²) in [4.78, 5) is 72.6. The summed E-state index contributed by atoms with van der Waals surface area (Å²) in [7, 11) is 0. The third-order valence-corrected chi connectivity index (χ3v) is 10.3. The van der Waals surface area contributed by atoms with E-state index in [1.54, 1.807) is 6.20 Å². The normalized spacial score (nSPS) is 17.2. The van der Waals surface area contributed by atoms with Crippen LogP contribution < -0.4 is 26.0 Å². The Morgan fingerprint density at radius 1 is 0.964 bits per heavy atom. The van der Waals surface area contributed by atoms with E-state index in [1.165, 1.54) is 24.5 Å². The maximum atomic E-state index is 14.2. The van der Waals surface area contributed by atoms with Crippen LogP contribution in [0.1, 0.15) is 88.0 Å². The van der Waals surface area contributed by atoms with Gasteiger partial charge in [0.25, 0.3) is 5.69 Å². The van der Waals surface area contributed by atoms with Crippen molar-refractivity contribution >= 4 is 29.3 Å². The van der Waals surface area contributed by atoms with E-state index in [2.05, 4.69) is 31.2 Å². The third kappa shape index (κ3) is 12.9. The minimum absolute atomic E-state index is 0. The number of benzene rings is 2. The van der Waals surface area contributed by atoms with Crippen molar-refractivity contribution in [1.29, 1.82) is 0 Å². The summed E-state index contributed by atoms with van der Waals surface area (Å²) in [5, 5.41) is 34.3. The Morgan fingerprint density at radius 2 is 1.68 bits per heavy atom. The largest absolute Gasteiger partial charge is 0.493 e. The lowest BCUT2D eigenvalue weighted by Gasteiger charge is -2.31. The maximum absolute atomic E-state index is 14.2. The van der Waals surface area contributed by atoms with Gasteiger partial charge in [-0.15, -0.1) is 0 Å². The molecule has 3 aromatic rings. The van der Waals surface area contributed by atoms with Gasteiger partial charge in [-0.3, -0.25) is 29.3 Å². The molecule has 0 radical (unpaired) electrons. The second-order valence-electron chi connectivity index (χ2n) is 15.2. The van der Waals surface area contributed by atoms with Gasteiger partial charge in [0.15, 0.2) is 0 Å². The minimum Gasteiger partial charge on any atom is -0.493 e. The van der Waals surface area contributed by atoms with Crippen LogP contribution >= 0.6 is 0 Å². The number of carbonyl (C=O) groups excluding carboxylic acids is 4. The lowest BCUT2D eigenvalue weighted by Crippen LogP contribution is -2.57. The number of fused-ring (bicyclic) bond motifs is 1. The molecule has 8 N–H and O–H groups in total. The molecule has 16 nitrogen and oxygen atoms in total. The van der Waals surface area contributed by atoms with E-state index in [0.29, 0.717) is 30.0 Å². The number of carbonyl (C=O) groups is 4. The van der Waals surface area contributed by atoms with Crippen LogP contribution in [0.5, 0.6) is 5.75 Å². The summed E-state index contributed by atoms with van der Waals surface area (Å²) in [6.07, 6.45) is 7.42. The van der Waals surface area contributed by atoms with E-state index < -0.39 is 52.8 Å². The first-order valence-electron chi connectivity index (χ1n) is 19.2. The van der Waals surface area contributed by atoms with Gasteiger partial charge in [0, 0.05) is 61.3 Å². The number of nitrogens with zero attached hydrogens (tertiary/aromatic N) is 2. The topological polar surface area (TPSA) is 249 Å². The van der Waals surface area contributed by atoms with Gasteiger partial charge < -0.3 is 41.6 Å². The van der Waals surface area contributed by atoms with E-state index in [9.17, 15) is 34.4 Å². The van der Waals surface area contributed by atoms with Crippen LogP contribution in [-0.4, -0.2) is 86.5 Å². The molecule has 1 saturated carbocycles. The monoisotopic (exact) mass is 777 g/mol. The molecule has 304 valence electrons. The number of aromatic nitrogens is 2. The molecule has 16 heteroatoms. The first kappa shape index (κ1) is 43.4. The van der Waals surface area contributed by atoms with E-state index in [4.69, 9.17) is 4.74 Å². The fourth-order valence-corrected chi connectivity index (χ4v) is 7.28. The lowest BCUT2D eigenvalue weighted by atomic mass is 9.83. The highest BCUT2D eigenvalue weighted by molar-refractivity contribution is 5.92. The Balaban J connectivity index is 0.00000696. The first-order valence-corrected chi connectivity index (χ1v) is 19.2. The second-order valence-corrected chi connectivity index (χ2v) is 15.2.